The molecule has 1 aromatic carbocycles. The molecule has 2 amide bonds. The van der Waals surface area contributed by atoms with Crippen LogP contribution in [0.5, 0.6) is 0 Å². The van der Waals surface area contributed by atoms with Gasteiger partial charge in [-0.05, 0) is 37.9 Å². The molecule has 5 heteroatoms. The molecule has 114 valence electrons. The first-order chi connectivity index (χ1) is 10.2. The van der Waals surface area contributed by atoms with Crippen LogP contribution in [0, 0.1) is 5.92 Å². The van der Waals surface area contributed by atoms with Gasteiger partial charge in [0.2, 0.25) is 5.91 Å². The molecular formula is C16H23N3O2. The molecule has 2 rings (SSSR count). The maximum atomic E-state index is 12.3. The zero-order chi connectivity index (χ0) is 15.1. The monoisotopic (exact) mass is 289 g/mol. The molecule has 1 aromatic rings. The Kier molecular flexibility index (Phi) is 5.75. The quantitative estimate of drug-likeness (QED) is 0.773. The molecule has 0 aliphatic carbocycles. The molecule has 1 atom stereocenters. The van der Waals surface area contributed by atoms with Crippen LogP contribution in [0.3, 0.4) is 0 Å². The van der Waals surface area contributed by atoms with Crippen LogP contribution in [0.1, 0.15) is 36.5 Å². The van der Waals surface area contributed by atoms with Gasteiger partial charge in [-0.3, -0.25) is 9.59 Å². The minimum absolute atomic E-state index is 0.0158. The average molecular weight is 289 g/mol. The van der Waals surface area contributed by atoms with Gasteiger partial charge in [-0.2, -0.15) is 0 Å². The van der Waals surface area contributed by atoms with Crippen molar-refractivity contribution in [3.63, 3.8) is 0 Å². The molecule has 1 aliphatic rings. The first-order valence-corrected chi connectivity index (χ1v) is 7.61. The van der Waals surface area contributed by atoms with Crippen LogP contribution >= 0.6 is 0 Å². The SMILES string of the molecule is CCCNC(=O)c1ccccc1NC(=O)C1CCCNC1. The first-order valence-electron chi connectivity index (χ1n) is 7.61. The van der Waals surface area contributed by atoms with Gasteiger partial charge in [0.15, 0.2) is 0 Å². The Balaban J connectivity index is 2.05. The number of piperidine rings is 1. The van der Waals surface area contributed by atoms with E-state index in [1.165, 1.54) is 0 Å². The van der Waals surface area contributed by atoms with Gasteiger partial charge in [0.25, 0.3) is 5.91 Å². The topological polar surface area (TPSA) is 70.2 Å². The smallest absolute Gasteiger partial charge is 0.253 e. The normalized spacial score (nSPS) is 18.0. The summed E-state index contributed by atoms with van der Waals surface area (Å²) < 4.78 is 0. The summed E-state index contributed by atoms with van der Waals surface area (Å²) in [5.74, 6) is -0.182. The number of anilines is 1. The predicted molar refractivity (Wildman–Crippen MR) is 83.3 cm³/mol. The summed E-state index contributed by atoms with van der Waals surface area (Å²) in [7, 11) is 0. The van der Waals surface area contributed by atoms with E-state index in [4.69, 9.17) is 0 Å². The molecule has 1 unspecified atom stereocenters. The Labute approximate surface area is 125 Å². The van der Waals surface area contributed by atoms with E-state index in [9.17, 15) is 9.59 Å². The Hall–Kier alpha value is -1.88. The second kappa shape index (κ2) is 7.78. The maximum Gasteiger partial charge on any atom is 0.253 e. The number of rotatable bonds is 5. The number of hydrogen-bond donors (Lipinski definition) is 3. The molecule has 21 heavy (non-hydrogen) atoms. The van der Waals surface area contributed by atoms with Gasteiger partial charge >= 0.3 is 0 Å². The summed E-state index contributed by atoms with van der Waals surface area (Å²) >= 11 is 0. The van der Waals surface area contributed by atoms with Gasteiger partial charge in [0.05, 0.1) is 17.2 Å². The minimum atomic E-state index is -0.144. The van der Waals surface area contributed by atoms with Crippen molar-refractivity contribution >= 4 is 17.5 Å². The fourth-order valence-electron chi connectivity index (χ4n) is 2.43. The summed E-state index contributed by atoms with van der Waals surface area (Å²) in [4.78, 5) is 24.4. The van der Waals surface area contributed by atoms with E-state index in [0.717, 1.165) is 25.8 Å². The maximum absolute atomic E-state index is 12.3. The van der Waals surface area contributed by atoms with Gasteiger partial charge in [0, 0.05) is 13.1 Å². The molecule has 1 fully saturated rings. The molecule has 1 saturated heterocycles. The third kappa shape index (κ3) is 4.29. The second-order valence-electron chi connectivity index (χ2n) is 5.33. The van der Waals surface area contributed by atoms with Crippen molar-refractivity contribution in [3.8, 4) is 0 Å². The molecule has 3 N–H and O–H groups in total. The van der Waals surface area contributed by atoms with Crippen LogP contribution in [0.4, 0.5) is 5.69 Å². The molecule has 0 aromatic heterocycles. The van der Waals surface area contributed by atoms with Crippen molar-refractivity contribution in [2.45, 2.75) is 26.2 Å². The van der Waals surface area contributed by atoms with E-state index in [0.29, 0.717) is 24.3 Å². The number of amides is 2. The summed E-state index contributed by atoms with van der Waals surface area (Å²) in [6.45, 7) is 4.31. The van der Waals surface area contributed by atoms with Crippen molar-refractivity contribution in [1.82, 2.24) is 10.6 Å². The number of benzene rings is 1. The average Bonchev–Trinajstić information content (AvgIpc) is 2.54. The van der Waals surface area contributed by atoms with Crippen molar-refractivity contribution < 1.29 is 9.59 Å². The van der Waals surface area contributed by atoms with Crippen LogP contribution in [-0.2, 0) is 4.79 Å². The number of nitrogens with one attached hydrogen (secondary N) is 3. The third-order valence-electron chi connectivity index (χ3n) is 3.63. The van der Waals surface area contributed by atoms with E-state index in [2.05, 4.69) is 16.0 Å². The lowest BCUT2D eigenvalue weighted by molar-refractivity contribution is -0.120. The fourth-order valence-corrected chi connectivity index (χ4v) is 2.43. The molecular weight excluding hydrogens is 266 g/mol. The zero-order valence-electron chi connectivity index (χ0n) is 12.4. The third-order valence-corrected chi connectivity index (χ3v) is 3.63. The van der Waals surface area contributed by atoms with Crippen LogP contribution in [-0.4, -0.2) is 31.4 Å². The summed E-state index contributed by atoms with van der Waals surface area (Å²) in [6, 6.07) is 7.14. The van der Waals surface area contributed by atoms with Crippen LogP contribution in [0.2, 0.25) is 0 Å². The van der Waals surface area contributed by atoms with Crippen LogP contribution in [0.25, 0.3) is 0 Å². The molecule has 0 spiro atoms. The molecule has 0 radical (unpaired) electrons. The Bertz CT molecular complexity index is 496. The first kappa shape index (κ1) is 15.5. The summed E-state index contributed by atoms with van der Waals surface area (Å²) in [6.07, 6.45) is 2.79. The van der Waals surface area contributed by atoms with E-state index in [1.807, 2.05) is 13.0 Å². The predicted octanol–water partition coefficient (Wildman–Crippen LogP) is 1.76. The van der Waals surface area contributed by atoms with Crippen molar-refractivity contribution in [2.75, 3.05) is 25.0 Å². The highest BCUT2D eigenvalue weighted by Gasteiger charge is 2.22. The summed E-state index contributed by atoms with van der Waals surface area (Å²) in [5.41, 5.74) is 1.10. The van der Waals surface area contributed by atoms with Gasteiger partial charge in [0.1, 0.15) is 0 Å². The van der Waals surface area contributed by atoms with Gasteiger partial charge in [-0.15, -0.1) is 0 Å². The molecule has 1 aliphatic heterocycles. The highest BCUT2D eigenvalue weighted by Crippen LogP contribution is 2.18. The highest BCUT2D eigenvalue weighted by molar-refractivity contribution is 6.04. The Morgan fingerprint density at radius 1 is 1.33 bits per heavy atom. The largest absolute Gasteiger partial charge is 0.352 e. The van der Waals surface area contributed by atoms with E-state index in [-0.39, 0.29) is 17.7 Å². The number of para-hydroxylation sites is 1. The van der Waals surface area contributed by atoms with Gasteiger partial charge in [-0.1, -0.05) is 19.1 Å². The highest BCUT2D eigenvalue weighted by atomic mass is 16.2. The van der Waals surface area contributed by atoms with Crippen LogP contribution < -0.4 is 16.0 Å². The zero-order valence-corrected chi connectivity index (χ0v) is 12.4. The van der Waals surface area contributed by atoms with Gasteiger partial charge in [-0.25, -0.2) is 0 Å². The van der Waals surface area contributed by atoms with Crippen molar-refractivity contribution in [2.24, 2.45) is 5.92 Å². The minimum Gasteiger partial charge on any atom is -0.352 e. The van der Waals surface area contributed by atoms with Crippen LogP contribution in [0.15, 0.2) is 24.3 Å². The lowest BCUT2D eigenvalue weighted by Crippen LogP contribution is -2.37. The lowest BCUT2D eigenvalue weighted by atomic mass is 9.98. The number of hydrogen-bond acceptors (Lipinski definition) is 3. The molecule has 5 nitrogen and oxygen atoms in total. The second-order valence-corrected chi connectivity index (χ2v) is 5.33. The lowest BCUT2D eigenvalue weighted by Gasteiger charge is -2.22. The standard InChI is InChI=1S/C16H23N3O2/c1-2-9-18-16(21)13-7-3-4-8-14(13)19-15(20)12-6-5-10-17-11-12/h3-4,7-8,12,17H,2,5-6,9-11H2,1H3,(H,18,21)(H,19,20). The van der Waals surface area contributed by atoms with Crippen molar-refractivity contribution in [1.29, 1.82) is 0 Å². The number of carbonyl (C=O) groups excluding carboxylic acids is 2. The number of carbonyl (C=O) groups is 2. The Morgan fingerprint density at radius 3 is 2.86 bits per heavy atom. The van der Waals surface area contributed by atoms with Gasteiger partial charge < -0.3 is 16.0 Å². The van der Waals surface area contributed by atoms with E-state index in [1.54, 1.807) is 18.2 Å². The van der Waals surface area contributed by atoms with Crippen molar-refractivity contribution in [3.05, 3.63) is 29.8 Å². The van der Waals surface area contributed by atoms with E-state index >= 15 is 0 Å². The van der Waals surface area contributed by atoms with E-state index < -0.39 is 0 Å². The molecule has 0 bridgehead atoms. The Morgan fingerprint density at radius 2 is 2.14 bits per heavy atom. The molecule has 0 saturated carbocycles. The fraction of sp³-hybridized carbons (Fsp3) is 0.500. The summed E-state index contributed by atoms with van der Waals surface area (Å²) in [5, 5.41) is 8.96. The molecule has 1 heterocycles.